The Morgan fingerprint density at radius 3 is 2.76 bits per heavy atom. The van der Waals surface area contributed by atoms with E-state index >= 15 is 0 Å². The van der Waals surface area contributed by atoms with Crippen molar-refractivity contribution in [2.75, 3.05) is 64.6 Å². The summed E-state index contributed by atoms with van der Waals surface area (Å²) in [7, 11) is 1.57. The number of nitrogens with one attached hydrogen (secondary N) is 1. The summed E-state index contributed by atoms with van der Waals surface area (Å²) in [6.45, 7) is 4.15. The first-order valence-corrected chi connectivity index (χ1v) is 11.7. The van der Waals surface area contributed by atoms with Crippen LogP contribution in [0.2, 0.25) is 0 Å². The van der Waals surface area contributed by atoms with E-state index in [9.17, 15) is 18.0 Å². The number of carbonyl (C=O) groups is 1. The molecule has 3 aliphatic rings. The molecule has 4 rings (SSSR count). The van der Waals surface area contributed by atoms with E-state index in [4.69, 9.17) is 14.7 Å². The minimum absolute atomic E-state index is 0.159. The molecule has 1 aromatic rings. The molecule has 2 heterocycles. The zero-order valence-corrected chi connectivity index (χ0v) is 19.4. The van der Waals surface area contributed by atoms with E-state index in [1.165, 1.54) is 18.9 Å². The van der Waals surface area contributed by atoms with Gasteiger partial charge < -0.3 is 24.6 Å². The molecule has 2 atom stereocenters. The summed E-state index contributed by atoms with van der Waals surface area (Å²) in [6.07, 6.45) is -1.51. The van der Waals surface area contributed by atoms with Crippen molar-refractivity contribution in [3.05, 3.63) is 29.3 Å². The van der Waals surface area contributed by atoms with Crippen molar-refractivity contribution in [2.45, 2.75) is 25.4 Å². The highest BCUT2D eigenvalue weighted by atomic mass is 19.4. The lowest BCUT2D eigenvalue weighted by Gasteiger charge is -2.43. The third-order valence-electron chi connectivity index (χ3n) is 7.17. The lowest BCUT2D eigenvalue weighted by atomic mass is 9.74. The van der Waals surface area contributed by atoms with Gasteiger partial charge in [0.05, 0.1) is 30.4 Å². The van der Waals surface area contributed by atoms with Crippen LogP contribution in [0.1, 0.15) is 30.4 Å². The largest absolute Gasteiger partial charge is 0.417 e. The molecule has 186 valence electrons. The molecule has 1 aliphatic carbocycles. The average molecular weight is 481 g/mol. The standard InChI is InChI=1S/C24H31F3N4O3/c1-33-9-7-29-22(32)30-8-6-19-12-31(15-23(19,14-30)16-34-13-17-2-3-17)20-5-4-18(11-28)21(10-20)24(25,26)27/h4-5,10,17,19H,2-3,6-9,12-16H2,1H3,(H,29,32)/t19-,23+/m0/s1. The first-order valence-electron chi connectivity index (χ1n) is 11.7. The van der Waals surface area contributed by atoms with Crippen LogP contribution >= 0.6 is 0 Å². The van der Waals surface area contributed by atoms with Crippen molar-refractivity contribution < 1.29 is 27.4 Å². The third kappa shape index (κ3) is 5.41. The second kappa shape index (κ2) is 10.0. The number of nitriles is 1. The predicted molar refractivity (Wildman–Crippen MR) is 119 cm³/mol. The molecule has 2 aliphatic heterocycles. The molecular weight excluding hydrogens is 449 g/mol. The van der Waals surface area contributed by atoms with Gasteiger partial charge in [-0.1, -0.05) is 0 Å². The fraction of sp³-hybridized carbons (Fsp3) is 0.667. The number of anilines is 1. The van der Waals surface area contributed by atoms with E-state index < -0.39 is 11.7 Å². The Kier molecular flexibility index (Phi) is 7.24. The van der Waals surface area contributed by atoms with Crippen molar-refractivity contribution in [1.82, 2.24) is 10.2 Å². The Morgan fingerprint density at radius 1 is 1.29 bits per heavy atom. The molecule has 0 unspecified atom stereocenters. The maximum absolute atomic E-state index is 13.5. The molecule has 0 radical (unpaired) electrons. The number of piperidine rings is 1. The second-order valence-electron chi connectivity index (χ2n) is 9.67. The zero-order chi connectivity index (χ0) is 24.3. The molecule has 0 aromatic heterocycles. The van der Waals surface area contributed by atoms with Crippen LogP contribution in [0, 0.1) is 28.6 Å². The molecule has 1 saturated carbocycles. The number of nitrogens with zero attached hydrogens (tertiary/aromatic N) is 3. The van der Waals surface area contributed by atoms with Gasteiger partial charge in [0.25, 0.3) is 0 Å². The Labute approximate surface area is 197 Å². The highest BCUT2D eigenvalue weighted by molar-refractivity contribution is 5.74. The zero-order valence-electron chi connectivity index (χ0n) is 19.4. The fourth-order valence-electron chi connectivity index (χ4n) is 5.11. The number of hydrogen-bond donors (Lipinski definition) is 1. The number of rotatable bonds is 8. The van der Waals surface area contributed by atoms with E-state index in [1.807, 2.05) is 4.90 Å². The second-order valence-corrected chi connectivity index (χ2v) is 9.67. The number of ether oxygens (including phenoxy) is 2. The number of hydrogen-bond acceptors (Lipinski definition) is 5. The number of carbonyl (C=O) groups excluding carboxylic acids is 1. The monoisotopic (exact) mass is 480 g/mol. The molecule has 10 heteroatoms. The lowest BCUT2D eigenvalue weighted by molar-refractivity contribution is -0.137. The molecule has 2 saturated heterocycles. The van der Waals surface area contributed by atoms with Crippen molar-refractivity contribution in [3.63, 3.8) is 0 Å². The smallest absolute Gasteiger partial charge is 0.383 e. The number of fused-ring (bicyclic) bond motifs is 1. The highest BCUT2D eigenvalue weighted by Crippen LogP contribution is 2.45. The first-order chi connectivity index (χ1) is 16.3. The number of benzene rings is 1. The van der Waals surface area contributed by atoms with E-state index in [-0.39, 0.29) is 22.9 Å². The Morgan fingerprint density at radius 2 is 2.09 bits per heavy atom. The van der Waals surface area contributed by atoms with Crippen LogP contribution in [-0.2, 0) is 15.7 Å². The van der Waals surface area contributed by atoms with Crippen LogP contribution in [0.5, 0.6) is 0 Å². The van der Waals surface area contributed by atoms with Crippen LogP contribution < -0.4 is 10.2 Å². The summed E-state index contributed by atoms with van der Waals surface area (Å²) in [5.41, 5.74) is -1.22. The summed E-state index contributed by atoms with van der Waals surface area (Å²) in [5, 5.41) is 12.0. The van der Waals surface area contributed by atoms with Gasteiger partial charge in [0.2, 0.25) is 0 Å². The van der Waals surface area contributed by atoms with Gasteiger partial charge in [0, 0.05) is 57.5 Å². The van der Waals surface area contributed by atoms with Gasteiger partial charge in [-0.3, -0.25) is 0 Å². The Bertz CT molecular complexity index is 931. The SMILES string of the molecule is COCCNC(=O)N1CC[C@H]2CN(c3ccc(C#N)c(C(F)(F)F)c3)C[C@@]2(COCC2CC2)C1. The number of likely N-dealkylation sites (tertiary alicyclic amines) is 1. The van der Waals surface area contributed by atoms with Crippen LogP contribution in [0.25, 0.3) is 0 Å². The molecule has 0 spiro atoms. The highest BCUT2D eigenvalue weighted by Gasteiger charge is 2.51. The lowest BCUT2D eigenvalue weighted by Crippen LogP contribution is -2.55. The van der Waals surface area contributed by atoms with Gasteiger partial charge in [-0.05, 0) is 49.3 Å². The quantitative estimate of drug-likeness (QED) is 0.577. The maximum Gasteiger partial charge on any atom is 0.417 e. The number of halogens is 3. The van der Waals surface area contributed by atoms with Crippen LogP contribution in [0.3, 0.4) is 0 Å². The molecule has 7 nitrogen and oxygen atoms in total. The average Bonchev–Trinajstić information content (AvgIpc) is 3.55. The van der Waals surface area contributed by atoms with Gasteiger partial charge >= 0.3 is 12.2 Å². The van der Waals surface area contributed by atoms with E-state index in [0.29, 0.717) is 64.1 Å². The summed E-state index contributed by atoms with van der Waals surface area (Å²) in [6, 6.07) is 5.38. The fourth-order valence-corrected chi connectivity index (χ4v) is 5.11. The molecule has 1 N–H and O–H groups in total. The molecule has 0 bridgehead atoms. The van der Waals surface area contributed by atoms with Crippen molar-refractivity contribution in [2.24, 2.45) is 17.3 Å². The molecule has 2 amide bonds. The normalized spacial score (nSPS) is 24.6. The maximum atomic E-state index is 13.5. The topological polar surface area (TPSA) is 77.8 Å². The van der Waals surface area contributed by atoms with E-state index in [0.717, 1.165) is 12.5 Å². The number of alkyl halides is 3. The Hall–Kier alpha value is -2.51. The third-order valence-corrected chi connectivity index (χ3v) is 7.17. The van der Waals surface area contributed by atoms with Gasteiger partial charge in [-0.15, -0.1) is 0 Å². The molecule has 3 fully saturated rings. The molecule has 34 heavy (non-hydrogen) atoms. The number of methoxy groups -OCH3 is 1. The molecule has 1 aromatic carbocycles. The minimum Gasteiger partial charge on any atom is -0.383 e. The van der Waals surface area contributed by atoms with Gasteiger partial charge in [0.1, 0.15) is 0 Å². The molecular formula is C24H31F3N4O3. The van der Waals surface area contributed by atoms with Gasteiger partial charge in [-0.2, -0.15) is 18.4 Å². The predicted octanol–water partition coefficient (Wildman–Crippen LogP) is 3.49. The van der Waals surface area contributed by atoms with Crippen LogP contribution in [0.15, 0.2) is 18.2 Å². The summed E-state index contributed by atoms with van der Waals surface area (Å²) >= 11 is 0. The van der Waals surface area contributed by atoms with Crippen molar-refractivity contribution in [1.29, 1.82) is 5.26 Å². The number of urea groups is 1. The first kappa shape index (κ1) is 24.6. The summed E-state index contributed by atoms with van der Waals surface area (Å²) in [4.78, 5) is 16.5. The number of amides is 2. The summed E-state index contributed by atoms with van der Waals surface area (Å²) < 4.78 is 51.7. The van der Waals surface area contributed by atoms with Crippen molar-refractivity contribution in [3.8, 4) is 6.07 Å². The van der Waals surface area contributed by atoms with Gasteiger partial charge in [-0.25, -0.2) is 4.79 Å². The van der Waals surface area contributed by atoms with E-state index in [2.05, 4.69) is 5.32 Å². The Balaban J connectivity index is 1.54. The summed E-state index contributed by atoms with van der Waals surface area (Å²) in [5.74, 6) is 0.789. The minimum atomic E-state index is -4.60. The van der Waals surface area contributed by atoms with E-state index in [1.54, 1.807) is 24.1 Å². The van der Waals surface area contributed by atoms with Crippen LogP contribution in [0.4, 0.5) is 23.7 Å². The van der Waals surface area contributed by atoms with Crippen LogP contribution in [-0.4, -0.2) is 70.6 Å². The van der Waals surface area contributed by atoms with Gasteiger partial charge in [0.15, 0.2) is 0 Å². The van der Waals surface area contributed by atoms with Crippen molar-refractivity contribution >= 4 is 11.7 Å².